The van der Waals surface area contributed by atoms with Gasteiger partial charge in [0.1, 0.15) is 18.4 Å². The molecule has 1 nitrogen and oxygen atoms in total. The first-order valence-electron chi connectivity index (χ1n) is 5.88. The van der Waals surface area contributed by atoms with Crippen LogP contribution in [0.1, 0.15) is 24.1 Å². The Kier molecular flexibility index (Phi) is 3.89. The van der Waals surface area contributed by atoms with Crippen molar-refractivity contribution in [3.8, 4) is 0 Å². The summed E-state index contributed by atoms with van der Waals surface area (Å²) in [6.07, 6.45) is 0. The van der Waals surface area contributed by atoms with E-state index in [0.717, 1.165) is 12.1 Å². The maximum Gasteiger partial charge on any atom is 0.123 e. The Morgan fingerprint density at radius 1 is 1.00 bits per heavy atom. The fourth-order valence-corrected chi connectivity index (χ4v) is 1.83. The van der Waals surface area contributed by atoms with E-state index in [1.54, 1.807) is 0 Å². The zero-order valence-corrected chi connectivity index (χ0v) is 9.94. The largest absolute Gasteiger partial charge is 0.337 e. The molecule has 2 N–H and O–H groups in total. The topological polar surface area (TPSA) is 16.6 Å². The number of halogens is 1. The molecule has 2 aromatic rings. The van der Waals surface area contributed by atoms with E-state index in [2.05, 4.69) is 24.4 Å². The predicted octanol–water partition coefficient (Wildman–Crippen LogP) is 2.65. The van der Waals surface area contributed by atoms with Gasteiger partial charge in [-0.05, 0) is 19.1 Å². The summed E-state index contributed by atoms with van der Waals surface area (Å²) in [6.45, 7) is 3.08. The summed E-state index contributed by atoms with van der Waals surface area (Å²) in [6, 6.07) is 17.4. The lowest BCUT2D eigenvalue weighted by molar-refractivity contribution is -0.707. The third-order valence-corrected chi connectivity index (χ3v) is 2.95. The quantitative estimate of drug-likeness (QED) is 0.831. The number of benzene rings is 2. The summed E-state index contributed by atoms with van der Waals surface area (Å²) >= 11 is 0. The molecule has 0 aliphatic rings. The standard InChI is InChI=1S/C15H16FN/c1-12(14-7-9-15(16)10-8-14)17-11-13-5-3-2-4-6-13/h2-10,12,17H,11H2,1H3/p+1/t12-/m0/s1. The Morgan fingerprint density at radius 2 is 1.65 bits per heavy atom. The third-order valence-electron chi connectivity index (χ3n) is 2.95. The summed E-state index contributed by atoms with van der Waals surface area (Å²) in [7, 11) is 0. The highest BCUT2D eigenvalue weighted by molar-refractivity contribution is 5.18. The fourth-order valence-electron chi connectivity index (χ4n) is 1.83. The second-order valence-electron chi connectivity index (χ2n) is 4.27. The highest BCUT2D eigenvalue weighted by Gasteiger charge is 2.08. The van der Waals surface area contributed by atoms with E-state index >= 15 is 0 Å². The van der Waals surface area contributed by atoms with E-state index in [1.807, 2.05) is 30.3 Å². The molecule has 0 bridgehead atoms. The normalized spacial score (nSPS) is 12.4. The Balaban J connectivity index is 1.93. The van der Waals surface area contributed by atoms with Crippen molar-refractivity contribution in [3.63, 3.8) is 0 Å². The van der Waals surface area contributed by atoms with Gasteiger partial charge in [0.25, 0.3) is 0 Å². The fraction of sp³-hybridized carbons (Fsp3) is 0.200. The van der Waals surface area contributed by atoms with Gasteiger partial charge >= 0.3 is 0 Å². The first-order valence-corrected chi connectivity index (χ1v) is 5.88. The van der Waals surface area contributed by atoms with E-state index in [9.17, 15) is 4.39 Å². The van der Waals surface area contributed by atoms with E-state index in [4.69, 9.17) is 0 Å². The van der Waals surface area contributed by atoms with Crippen LogP contribution in [0.25, 0.3) is 0 Å². The van der Waals surface area contributed by atoms with Crippen LogP contribution in [0.5, 0.6) is 0 Å². The van der Waals surface area contributed by atoms with Crippen LogP contribution in [0.15, 0.2) is 54.6 Å². The monoisotopic (exact) mass is 230 g/mol. The molecule has 2 rings (SSSR count). The Morgan fingerprint density at radius 3 is 2.29 bits per heavy atom. The predicted molar refractivity (Wildman–Crippen MR) is 66.9 cm³/mol. The number of hydrogen-bond acceptors (Lipinski definition) is 0. The summed E-state index contributed by atoms with van der Waals surface area (Å²) in [5.41, 5.74) is 2.46. The van der Waals surface area contributed by atoms with E-state index in [1.165, 1.54) is 17.7 Å². The van der Waals surface area contributed by atoms with Crippen LogP contribution in [0.3, 0.4) is 0 Å². The van der Waals surface area contributed by atoms with Gasteiger partial charge in [0, 0.05) is 11.1 Å². The average molecular weight is 230 g/mol. The smallest absolute Gasteiger partial charge is 0.123 e. The molecule has 0 aliphatic carbocycles. The van der Waals surface area contributed by atoms with Crippen molar-refractivity contribution >= 4 is 0 Å². The molecule has 0 fully saturated rings. The van der Waals surface area contributed by atoms with E-state index in [-0.39, 0.29) is 5.82 Å². The summed E-state index contributed by atoms with van der Waals surface area (Å²) in [4.78, 5) is 0. The van der Waals surface area contributed by atoms with Gasteiger partial charge in [-0.25, -0.2) is 4.39 Å². The Hall–Kier alpha value is -1.67. The molecule has 0 aliphatic heterocycles. The molecule has 0 unspecified atom stereocenters. The SMILES string of the molecule is C[C@H]([NH2+]Cc1ccccc1)c1ccc(F)cc1. The van der Waals surface area contributed by atoms with Crippen LogP contribution in [0.4, 0.5) is 4.39 Å². The van der Waals surface area contributed by atoms with Crippen molar-refractivity contribution < 1.29 is 9.71 Å². The molecule has 0 saturated carbocycles. The highest BCUT2D eigenvalue weighted by Crippen LogP contribution is 2.09. The Labute approximate surface area is 101 Å². The zero-order chi connectivity index (χ0) is 12.1. The average Bonchev–Trinajstić information content (AvgIpc) is 2.38. The number of rotatable bonds is 4. The van der Waals surface area contributed by atoms with Crippen molar-refractivity contribution in [1.29, 1.82) is 0 Å². The van der Waals surface area contributed by atoms with Crippen molar-refractivity contribution in [2.24, 2.45) is 0 Å². The first-order chi connectivity index (χ1) is 8.25. The minimum absolute atomic E-state index is 0.177. The van der Waals surface area contributed by atoms with Gasteiger partial charge in [0.15, 0.2) is 0 Å². The molecule has 0 spiro atoms. The highest BCUT2D eigenvalue weighted by atomic mass is 19.1. The maximum atomic E-state index is 12.8. The van der Waals surface area contributed by atoms with Gasteiger partial charge in [-0.15, -0.1) is 0 Å². The minimum atomic E-state index is -0.177. The van der Waals surface area contributed by atoms with Crippen molar-refractivity contribution in [3.05, 3.63) is 71.5 Å². The molecule has 2 aromatic carbocycles. The third kappa shape index (κ3) is 3.40. The molecule has 88 valence electrons. The van der Waals surface area contributed by atoms with Gasteiger partial charge in [-0.2, -0.15) is 0 Å². The lowest BCUT2D eigenvalue weighted by atomic mass is 10.1. The minimum Gasteiger partial charge on any atom is -0.337 e. The molecule has 2 heteroatoms. The van der Waals surface area contributed by atoms with Gasteiger partial charge in [-0.3, -0.25) is 0 Å². The molecule has 0 heterocycles. The van der Waals surface area contributed by atoms with Crippen molar-refractivity contribution in [2.45, 2.75) is 19.5 Å². The zero-order valence-electron chi connectivity index (χ0n) is 9.94. The lowest BCUT2D eigenvalue weighted by Crippen LogP contribution is -2.83. The van der Waals surface area contributed by atoms with Crippen molar-refractivity contribution in [2.75, 3.05) is 0 Å². The van der Waals surface area contributed by atoms with E-state index in [0.29, 0.717) is 6.04 Å². The van der Waals surface area contributed by atoms with Crippen molar-refractivity contribution in [1.82, 2.24) is 0 Å². The lowest BCUT2D eigenvalue weighted by Gasteiger charge is -2.11. The van der Waals surface area contributed by atoms with Gasteiger partial charge < -0.3 is 5.32 Å². The van der Waals surface area contributed by atoms with Crippen LogP contribution in [0, 0.1) is 5.82 Å². The summed E-state index contributed by atoms with van der Waals surface area (Å²) in [5, 5.41) is 2.25. The molecular formula is C15H17FN+. The van der Waals surface area contributed by atoms with Gasteiger partial charge in [0.05, 0.1) is 0 Å². The van der Waals surface area contributed by atoms with Crippen LogP contribution in [0.2, 0.25) is 0 Å². The number of quaternary nitrogens is 1. The second-order valence-corrected chi connectivity index (χ2v) is 4.27. The second kappa shape index (κ2) is 5.60. The maximum absolute atomic E-state index is 12.8. The molecule has 1 atom stereocenters. The van der Waals surface area contributed by atoms with Gasteiger partial charge in [0.2, 0.25) is 0 Å². The van der Waals surface area contributed by atoms with Crippen LogP contribution in [-0.2, 0) is 6.54 Å². The molecule has 0 saturated heterocycles. The molecule has 0 radical (unpaired) electrons. The van der Waals surface area contributed by atoms with E-state index < -0.39 is 0 Å². The van der Waals surface area contributed by atoms with Crippen LogP contribution >= 0.6 is 0 Å². The molecule has 17 heavy (non-hydrogen) atoms. The Bertz CT molecular complexity index is 450. The number of nitrogens with two attached hydrogens (primary N) is 1. The summed E-state index contributed by atoms with van der Waals surface area (Å²) in [5.74, 6) is -0.177. The van der Waals surface area contributed by atoms with Crippen LogP contribution < -0.4 is 5.32 Å². The summed E-state index contributed by atoms with van der Waals surface area (Å²) < 4.78 is 12.8. The first kappa shape index (κ1) is 11.8. The van der Waals surface area contributed by atoms with Crippen LogP contribution in [-0.4, -0.2) is 0 Å². The molecule has 0 amide bonds. The molecule has 0 aromatic heterocycles. The van der Waals surface area contributed by atoms with Gasteiger partial charge in [-0.1, -0.05) is 42.5 Å². The number of hydrogen-bond donors (Lipinski definition) is 1. The molecular weight excluding hydrogens is 213 g/mol.